The Hall–Kier alpha value is -1.47. The molecule has 0 fully saturated rings. The second kappa shape index (κ2) is 5.26. The summed E-state index contributed by atoms with van der Waals surface area (Å²) in [6.07, 6.45) is -1.65. The number of aromatic nitrogens is 2. The van der Waals surface area contributed by atoms with Gasteiger partial charge in [0.2, 0.25) is 0 Å². The summed E-state index contributed by atoms with van der Waals surface area (Å²) in [6.45, 7) is 0. The van der Waals surface area contributed by atoms with Gasteiger partial charge in [0, 0.05) is 16.9 Å². The first-order valence-electron chi connectivity index (χ1n) is 5.20. The zero-order valence-corrected chi connectivity index (χ0v) is 11.0. The lowest BCUT2D eigenvalue weighted by Gasteiger charge is -2.14. The molecule has 100 valence electrons. The maximum atomic E-state index is 12.8. The zero-order valence-electron chi connectivity index (χ0n) is 9.39. The normalized spacial score (nSPS) is 13.3. The fraction of sp³-hybridized carbons (Fsp3) is 0.167. The zero-order chi connectivity index (χ0) is 14.0. The van der Waals surface area contributed by atoms with Crippen LogP contribution in [0.4, 0.5) is 13.2 Å². The van der Waals surface area contributed by atoms with Crippen LogP contribution in [0.3, 0.4) is 0 Å². The predicted molar refractivity (Wildman–Crippen MR) is 65.2 cm³/mol. The molecule has 0 aliphatic heterocycles. The molecule has 1 aromatic heterocycles. The highest BCUT2D eigenvalue weighted by molar-refractivity contribution is 9.10. The maximum absolute atomic E-state index is 12.8. The van der Waals surface area contributed by atoms with E-state index in [-0.39, 0.29) is 15.7 Å². The monoisotopic (exact) mass is 332 g/mol. The van der Waals surface area contributed by atoms with Crippen molar-refractivity contribution in [3.8, 4) is 0 Å². The van der Waals surface area contributed by atoms with Crippen LogP contribution in [-0.2, 0) is 6.18 Å². The van der Waals surface area contributed by atoms with Crippen LogP contribution in [0.25, 0.3) is 0 Å². The lowest BCUT2D eigenvalue weighted by atomic mass is 10.0. The molecule has 0 aliphatic rings. The molecule has 3 nitrogen and oxygen atoms in total. The van der Waals surface area contributed by atoms with Gasteiger partial charge in [0.05, 0.1) is 17.5 Å². The third kappa shape index (κ3) is 3.10. The third-order valence-corrected chi connectivity index (χ3v) is 3.17. The van der Waals surface area contributed by atoms with Gasteiger partial charge < -0.3 is 5.11 Å². The molecule has 0 radical (unpaired) electrons. The number of hydrogen-bond acceptors (Lipinski definition) is 3. The van der Waals surface area contributed by atoms with Crippen molar-refractivity contribution >= 4 is 15.9 Å². The molecule has 0 amide bonds. The van der Waals surface area contributed by atoms with E-state index >= 15 is 0 Å². The molecule has 1 heterocycles. The average Bonchev–Trinajstić information content (AvgIpc) is 2.38. The molecule has 1 aromatic carbocycles. The quantitative estimate of drug-likeness (QED) is 0.917. The second-order valence-corrected chi connectivity index (χ2v) is 4.62. The summed E-state index contributed by atoms with van der Waals surface area (Å²) in [5, 5.41) is 9.99. The van der Waals surface area contributed by atoms with Crippen LogP contribution in [-0.4, -0.2) is 15.1 Å². The smallest absolute Gasteiger partial charge is 0.382 e. The van der Waals surface area contributed by atoms with E-state index in [0.29, 0.717) is 0 Å². The van der Waals surface area contributed by atoms with Crippen LogP contribution >= 0.6 is 15.9 Å². The Labute approximate surface area is 115 Å². The summed E-state index contributed by atoms with van der Waals surface area (Å²) in [4.78, 5) is 7.63. The summed E-state index contributed by atoms with van der Waals surface area (Å²) in [6, 6.07) is 3.54. The first kappa shape index (κ1) is 14.0. The fourth-order valence-electron chi connectivity index (χ4n) is 1.55. The molecule has 0 saturated carbocycles. The molecule has 1 unspecified atom stereocenters. The van der Waals surface area contributed by atoms with E-state index in [9.17, 15) is 18.3 Å². The van der Waals surface area contributed by atoms with E-state index in [0.717, 1.165) is 6.07 Å². The highest BCUT2D eigenvalue weighted by Gasteiger charge is 2.33. The summed E-state index contributed by atoms with van der Waals surface area (Å²) in [5.74, 6) is 0. The summed E-state index contributed by atoms with van der Waals surface area (Å²) < 4.78 is 38.2. The van der Waals surface area contributed by atoms with Crippen molar-refractivity contribution in [3.05, 3.63) is 58.1 Å². The number of alkyl halides is 3. The van der Waals surface area contributed by atoms with Gasteiger partial charge >= 0.3 is 6.18 Å². The van der Waals surface area contributed by atoms with E-state index in [2.05, 4.69) is 25.9 Å². The van der Waals surface area contributed by atoms with Crippen molar-refractivity contribution in [1.29, 1.82) is 0 Å². The molecule has 0 aliphatic carbocycles. The molecular weight excluding hydrogens is 325 g/mol. The Morgan fingerprint density at radius 3 is 2.53 bits per heavy atom. The minimum absolute atomic E-state index is 0.0740. The Morgan fingerprint density at radius 1 is 1.21 bits per heavy atom. The molecular formula is C12H8BrF3N2O. The average molecular weight is 333 g/mol. The SMILES string of the molecule is OC(c1ccc(Br)c(C(F)(F)F)c1)c1cnccn1. The van der Waals surface area contributed by atoms with E-state index in [1.54, 1.807) is 0 Å². The van der Waals surface area contributed by atoms with Crippen molar-refractivity contribution in [2.45, 2.75) is 12.3 Å². The number of hydrogen-bond donors (Lipinski definition) is 1. The number of nitrogens with zero attached hydrogens (tertiary/aromatic N) is 2. The van der Waals surface area contributed by atoms with Crippen molar-refractivity contribution in [1.82, 2.24) is 9.97 Å². The van der Waals surface area contributed by atoms with Gasteiger partial charge in [0.25, 0.3) is 0 Å². The lowest BCUT2D eigenvalue weighted by Crippen LogP contribution is -2.09. The van der Waals surface area contributed by atoms with Crippen molar-refractivity contribution in [3.63, 3.8) is 0 Å². The standard InChI is InChI=1S/C12H8BrF3N2O/c13-9-2-1-7(5-8(9)12(14,15)16)11(19)10-6-17-3-4-18-10/h1-6,11,19H. The Kier molecular flexibility index (Phi) is 3.86. The van der Waals surface area contributed by atoms with E-state index in [1.807, 2.05) is 0 Å². The largest absolute Gasteiger partial charge is 0.417 e. The van der Waals surface area contributed by atoms with Gasteiger partial charge in [-0.15, -0.1) is 0 Å². The van der Waals surface area contributed by atoms with Gasteiger partial charge in [-0.2, -0.15) is 13.2 Å². The van der Waals surface area contributed by atoms with Gasteiger partial charge in [-0.05, 0) is 17.7 Å². The number of benzene rings is 1. The van der Waals surface area contributed by atoms with Gasteiger partial charge in [0.15, 0.2) is 0 Å². The molecule has 2 aromatic rings. The Bertz CT molecular complexity index is 575. The van der Waals surface area contributed by atoms with Gasteiger partial charge in [-0.3, -0.25) is 9.97 Å². The Morgan fingerprint density at radius 2 is 1.95 bits per heavy atom. The lowest BCUT2D eigenvalue weighted by molar-refractivity contribution is -0.138. The topological polar surface area (TPSA) is 46.0 Å². The highest BCUT2D eigenvalue weighted by atomic mass is 79.9. The molecule has 1 N–H and O–H groups in total. The highest BCUT2D eigenvalue weighted by Crippen LogP contribution is 2.36. The number of aliphatic hydroxyl groups excluding tert-OH is 1. The fourth-order valence-corrected chi connectivity index (χ4v) is 2.02. The van der Waals surface area contributed by atoms with Gasteiger partial charge in [-0.1, -0.05) is 22.0 Å². The number of rotatable bonds is 2. The molecule has 0 saturated heterocycles. The van der Waals surface area contributed by atoms with E-state index in [4.69, 9.17) is 0 Å². The van der Waals surface area contributed by atoms with Crippen LogP contribution in [0, 0.1) is 0 Å². The molecule has 1 atom stereocenters. The molecule has 0 bridgehead atoms. The van der Waals surface area contributed by atoms with Crippen LogP contribution in [0.15, 0.2) is 41.3 Å². The Balaban J connectivity index is 2.42. The second-order valence-electron chi connectivity index (χ2n) is 3.77. The number of aliphatic hydroxyl groups is 1. The molecule has 2 rings (SSSR count). The third-order valence-electron chi connectivity index (χ3n) is 2.47. The maximum Gasteiger partial charge on any atom is 0.417 e. The summed E-state index contributed by atoms with van der Waals surface area (Å²) in [7, 11) is 0. The van der Waals surface area contributed by atoms with E-state index in [1.165, 1.54) is 30.7 Å². The minimum atomic E-state index is -4.49. The van der Waals surface area contributed by atoms with Crippen LogP contribution in [0.1, 0.15) is 22.9 Å². The van der Waals surface area contributed by atoms with Crippen molar-refractivity contribution in [2.75, 3.05) is 0 Å². The summed E-state index contributed by atoms with van der Waals surface area (Å²) in [5.41, 5.74) is -0.540. The van der Waals surface area contributed by atoms with Crippen molar-refractivity contribution in [2.24, 2.45) is 0 Å². The van der Waals surface area contributed by atoms with E-state index < -0.39 is 17.8 Å². The summed E-state index contributed by atoms with van der Waals surface area (Å²) >= 11 is 2.84. The van der Waals surface area contributed by atoms with Crippen LogP contribution in [0.5, 0.6) is 0 Å². The van der Waals surface area contributed by atoms with Gasteiger partial charge in [0.1, 0.15) is 6.10 Å². The molecule has 7 heteroatoms. The predicted octanol–water partition coefficient (Wildman–Crippen LogP) is 3.34. The minimum Gasteiger partial charge on any atom is -0.382 e. The van der Waals surface area contributed by atoms with Crippen molar-refractivity contribution < 1.29 is 18.3 Å². The first-order valence-corrected chi connectivity index (χ1v) is 5.99. The molecule has 0 spiro atoms. The molecule has 19 heavy (non-hydrogen) atoms. The number of halogens is 4. The van der Waals surface area contributed by atoms with Gasteiger partial charge in [-0.25, -0.2) is 0 Å². The van der Waals surface area contributed by atoms with Crippen LogP contribution < -0.4 is 0 Å². The van der Waals surface area contributed by atoms with Crippen LogP contribution in [0.2, 0.25) is 0 Å². The first-order chi connectivity index (χ1) is 8.89.